The van der Waals surface area contributed by atoms with Crippen LogP contribution in [0, 0.1) is 17.5 Å². The Bertz CT molecular complexity index is 484. The number of carbonyl (C=O) groups is 1. The molecule has 1 aliphatic heterocycles. The normalized spacial score (nSPS) is 18.9. The Morgan fingerprint density at radius 3 is 2.63 bits per heavy atom. The molecule has 106 valence electrons. The molecular weight excluding hydrogens is 281 g/mol. The molecule has 0 unspecified atom stereocenters. The van der Waals surface area contributed by atoms with Gasteiger partial charge in [0.15, 0.2) is 17.5 Å². The molecule has 1 aliphatic rings. The van der Waals surface area contributed by atoms with Crippen LogP contribution in [0.25, 0.3) is 0 Å². The van der Waals surface area contributed by atoms with Crippen molar-refractivity contribution in [3.63, 3.8) is 0 Å². The molecule has 0 aliphatic carbocycles. The van der Waals surface area contributed by atoms with E-state index in [2.05, 4.69) is 5.32 Å². The third-order valence-electron chi connectivity index (χ3n) is 3.03. The standard InChI is InChI=1S/C12H13F3N2O.ClH/c1-7-6-16-4-5-17(7)12(18)8-2-3-9(13)11(15)10(8)14;/h2-3,7,16H,4-6H2,1H3;1H/t7-;/m1./s1. The van der Waals surface area contributed by atoms with Crippen LogP contribution in [0.4, 0.5) is 13.2 Å². The van der Waals surface area contributed by atoms with E-state index in [9.17, 15) is 18.0 Å². The Morgan fingerprint density at radius 1 is 1.32 bits per heavy atom. The second kappa shape index (κ2) is 6.25. The highest BCUT2D eigenvalue weighted by Crippen LogP contribution is 2.18. The van der Waals surface area contributed by atoms with Crippen LogP contribution in [-0.4, -0.2) is 36.5 Å². The van der Waals surface area contributed by atoms with Crippen molar-refractivity contribution in [2.24, 2.45) is 0 Å². The molecule has 0 aromatic heterocycles. The molecule has 1 aromatic carbocycles. The van der Waals surface area contributed by atoms with Crippen molar-refractivity contribution in [3.8, 4) is 0 Å². The van der Waals surface area contributed by atoms with E-state index in [1.807, 2.05) is 6.92 Å². The Kier molecular flexibility index (Phi) is 5.20. The minimum atomic E-state index is -1.61. The highest BCUT2D eigenvalue weighted by atomic mass is 35.5. The van der Waals surface area contributed by atoms with Gasteiger partial charge in [-0.2, -0.15) is 0 Å². The SMILES string of the molecule is C[C@@H]1CNCCN1C(=O)c1ccc(F)c(F)c1F.Cl. The van der Waals surface area contributed by atoms with E-state index in [0.717, 1.165) is 12.1 Å². The van der Waals surface area contributed by atoms with Gasteiger partial charge < -0.3 is 10.2 Å². The number of benzene rings is 1. The van der Waals surface area contributed by atoms with Crippen molar-refractivity contribution in [1.29, 1.82) is 0 Å². The molecule has 1 atom stereocenters. The van der Waals surface area contributed by atoms with Crippen molar-refractivity contribution < 1.29 is 18.0 Å². The molecule has 1 N–H and O–H groups in total. The van der Waals surface area contributed by atoms with Crippen LogP contribution in [-0.2, 0) is 0 Å². The molecule has 1 saturated heterocycles. The summed E-state index contributed by atoms with van der Waals surface area (Å²) in [5.74, 6) is -4.94. The van der Waals surface area contributed by atoms with E-state index >= 15 is 0 Å². The maximum atomic E-state index is 13.5. The van der Waals surface area contributed by atoms with Crippen LogP contribution in [0.5, 0.6) is 0 Å². The third kappa shape index (κ3) is 3.01. The first kappa shape index (κ1) is 15.8. The second-order valence-electron chi connectivity index (χ2n) is 4.27. The predicted molar refractivity (Wildman–Crippen MR) is 66.9 cm³/mol. The third-order valence-corrected chi connectivity index (χ3v) is 3.03. The first-order valence-electron chi connectivity index (χ1n) is 5.67. The van der Waals surface area contributed by atoms with E-state index in [-0.39, 0.29) is 18.4 Å². The van der Waals surface area contributed by atoms with Gasteiger partial charge in [0.05, 0.1) is 5.56 Å². The summed E-state index contributed by atoms with van der Waals surface area (Å²) in [5, 5.41) is 3.08. The van der Waals surface area contributed by atoms with Crippen molar-refractivity contribution >= 4 is 18.3 Å². The van der Waals surface area contributed by atoms with Gasteiger partial charge in [0.25, 0.3) is 5.91 Å². The van der Waals surface area contributed by atoms with Gasteiger partial charge in [-0.05, 0) is 19.1 Å². The molecular formula is C12H14ClF3N2O. The van der Waals surface area contributed by atoms with Crippen LogP contribution in [0.2, 0.25) is 0 Å². The van der Waals surface area contributed by atoms with Gasteiger partial charge in [0.1, 0.15) is 0 Å². The van der Waals surface area contributed by atoms with Crippen molar-refractivity contribution in [2.45, 2.75) is 13.0 Å². The summed E-state index contributed by atoms with van der Waals surface area (Å²) in [7, 11) is 0. The van der Waals surface area contributed by atoms with Gasteiger partial charge in [-0.1, -0.05) is 0 Å². The zero-order chi connectivity index (χ0) is 13.3. The van der Waals surface area contributed by atoms with Crippen molar-refractivity contribution in [2.75, 3.05) is 19.6 Å². The Labute approximate surface area is 115 Å². The molecule has 19 heavy (non-hydrogen) atoms. The summed E-state index contributed by atoms with van der Waals surface area (Å²) in [6.45, 7) is 3.42. The van der Waals surface area contributed by atoms with E-state index in [4.69, 9.17) is 0 Å². The molecule has 0 spiro atoms. The first-order chi connectivity index (χ1) is 8.52. The molecule has 0 bridgehead atoms. The second-order valence-corrected chi connectivity index (χ2v) is 4.27. The predicted octanol–water partition coefficient (Wildman–Crippen LogP) is 1.96. The molecule has 1 fully saturated rings. The minimum absolute atomic E-state index is 0. The number of nitrogens with zero attached hydrogens (tertiary/aromatic N) is 1. The lowest BCUT2D eigenvalue weighted by Crippen LogP contribution is -2.52. The fourth-order valence-corrected chi connectivity index (χ4v) is 1.99. The van der Waals surface area contributed by atoms with Gasteiger partial charge in [0.2, 0.25) is 0 Å². The van der Waals surface area contributed by atoms with E-state index < -0.39 is 28.9 Å². The Balaban J connectivity index is 0.00000180. The maximum Gasteiger partial charge on any atom is 0.257 e. The van der Waals surface area contributed by atoms with Crippen LogP contribution >= 0.6 is 12.4 Å². The van der Waals surface area contributed by atoms with Gasteiger partial charge >= 0.3 is 0 Å². The van der Waals surface area contributed by atoms with Crippen LogP contribution in [0.15, 0.2) is 12.1 Å². The summed E-state index contributed by atoms with van der Waals surface area (Å²) in [6, 6.07) is 1.63. The number of amides is 1. The molecule has 0 saturated carbocycles. The fraction of sp³-hybridized carbons (Fsp3) is 0.417. The zero-order valence-electron chi connectivity index (χ0n) is 10.3. The highest BCUT2D eigenvalue weighted by molar-refractivity contribution is 5.94. The van der Waals surface area contributed by atoms with E-state index in [1.54, 1.807) is 0 Å². The molecule has 2 rings (SSSR count). The minimum Gasteiger partial charge on any atom is -0.333 e. The van der Waals surface area contributed by atoms with Crippen molar-refractivity contribution in [3.05, 3.63) is 35.1 Å². The number of piperazine rings is 1. The summed E-state index contributed by atoms with van der Waals surface area (Å²) >= 11 is 0. The molecule has 3 nitrogen and oxygen atoms in total. The van der Waals surface area contributed by atoms with Crippen LogP contribution in [0.3, 0.4) is 0 Å². The molecule has 7 heteroatoms. The number of hydrogen-bond acceptors (Lipinski definition) is 2. The molecule has 1 aromatic rings. The summed E-state index contributed by atoms with van der Waals surface area (Å²) in [4.78, 5) is 13.5. The quantitative estimate of drug-likeness (QED) is 0.803. The van der Waals surface area contributed by atoms with E-state index in [1.165, 1.54) is 4.90 Å². The first-order valence-corrected chi connectivity index (χ1v) is 5.67. The Morgan fingerprint density at radius 2 is 2.00 bits per heavy atom. The number of carbonyl (C=O) groups excluding carboxylic acids is 1. The molecule has 1 heterocycles. The van der Waals surface area contributed by atoms with Gasteiger partial charge in [-0.25, -0.2) is 13.2 Å². The highest BCUT2D eigenvalue weighted by Gasteiger charge is 2.27. The Hall–Kier alpha value is -1.27. The lowest BCUT2D eigenvalue weighted by atomic mass is 10.1. The van der Waals surface area contributed by atoms with Gasteiger partial charge in [0, 0.05) is 25.7 Å². The van der Waals surface area contributed by atoms with E-state index in [0.29, 0.717) is 19.6 Å². The zero-order valence-corrected chi connectivity index (χ0v) is 11.1. The van der Waals surface area contributed by atoms with Crippen LogP contribution in [0.1, 0.15) is 17.3 Å². The lowest BCUT2D eigenvalue weighted by Gasteiger charge is -2.34. The monoisotopic (exact) mass is 294 g/mol. The summed E-state index contributed by atoms with van der Waals surface area (Å²) < 4.78 is 39.4. The van der Waals surface area contributed by atoms with Crippen LogP contribution < -0.4 is 5.32 Å². The fourth-order valence-electron chi connectivity index (χ4n) is 1.99. The molecule has 0 radical (unpaired) electrons. The average Bonchev–Trinajstić information content (AvgIpc) is 2.36. The van der Waals surface area contributed by atoms with Gasteiger partial charge in [-0.15, -0.1) is 12.4 Å². The average molecular weight is 295 g/mol. The molecule has 1 amide bonds. The van der Waals surface area contributed by atoms with Crippen molar-refractivity contribution in [1.82, 2.24) is 10.2 Å². The number of halogens is 4. The number of nitrogens with one attached hydrogen (secondary N) is 1. The summed E-state index contributed by atoms with van der Waals surface area (Å²) in [5.41, 5.74) is -0.428. The number of hydrogen-bond donors (Lipinski definition) is 1. The number of rotatable bonds is 1. The largest absolute Gasteiger partial charge is 0.333 e. The van der Waals surface area contributed by atoms with Gasteiger partial charge in [-0.3, -0.25) is 4.79 Å². The summed E-state index contributed by atoms with van der Waals surface area (Å²) in [6.07, 6.45) is 0. The maximum absolute atomic E-state index is 13.5. The smallest absolute Gasteiger partial charge is 0.257 e. The lowest BCUT2D eigenvalue weighted by molar-refractivity contribution is 0.0649. The topological polar surface area (TPSA) is 32.3 Å².